The molecule has 0 bridgehead atoms. The van der Waals surface area contributed by atoms with E-state index in [0.29, 0.717) is 11.8 Å². The highest BCUT2D eigenvalue weighted by atomic mass is 16.5. The first-order chi connectivity index (χ1) is 7.81. The Bertz CT molecular complexity index is 352. The predicted molar refractivity (Wildman–Crippen MR) is 63.7 cm³/mol. The number of fused-ring (bicyclic) bond motifs is 1. The van der Waals surface area contributed by atoms with Crippen molar-refractivity contribution in [2.45, 2.75) is 25.3 Å². The number of hydrogen-bond donors (Lipinski definition) is 2. The van der Waals surface area contributed by atoms with E-state index in [1.165, 1.54) is 24.0 Å². The normalized spacial score (nSPS) is 19.4. The standard InChI is InChI=1S/C13H19NO2/c1-16-8-7-14-13-4-2-3-10-9-11(15)5-6-12(10)13/h5-6,9,13-15H,2-4,7-8H2,1H3. The average Bonchev–Trinajstić information content (AvgIpc) is 2.29. The third-order valence-corrected chi connectivity index (χ3v) is 3.14. The van der Waals surface area contributed by atoms with Crippen LogP contribution in [-0.4, -0.2) is 25.4 Å². The number of aryl methyl sites for hydroxylation is 1. The summed E-state index contributed by atoms with van der Waals surface area (Å²) in [6, 6.07) is 6.11. The Morgan fingerprint density at radius 3 is 3.19 bits per heavy atom. The maximum Gasteiger partial charge on any atom is 0.115 e. The lowest BCUT2D eigenvalue weighted by molar-refractivity contribution is 0.194. The van der Waals surface area contributed by atoms with Gasteiger partial charge in [-0.2, -0.15) is 0 Å². The molecule has 0 aromatic heterocycles. The van der Waals surface area contributed by atoms with E-state index in [9.17, 15) is 5.11 Å². The molecule has 0 fully saturated rings. The summed E-state index contributed by atoms with van der Waals surface area (Å²) in [4.78, 5) is 0. The van der Waals surface area contributed by atoms with Crippen LogP contribution in [0, 0.1) is 0 Å². The largest absolute Gasteiger partial charge is 0.508 e. The number of nitrogens with one attached hydrogen (secondary N) is 1. The van der Waals surface area contributed by atoms with E-state index in [4.69, 9.17) is 4.74 Å². The van der Waals surface area contributed by atoms with Gasteiger partial charge in [-0.25, -0.2) is 0 Å². The predicted octanol–water partition coefficient (Wildman–Crippen LogP) is 2.01. The molecule has 0 amide bonds. The minimum Gasteiger partial charge on any atom is -0.508 e. The minimum atomic E-state index is 0.372. The monoisotopic (exact) mass is 221 g/mol. The average molecular weight is 221 g/mol. The number of phenolic OH excluding ortho intramolecular Hbond substituents is 1. The van der Waals surface area contributed by atoms with Crippen LogP contribution in [-0.2, 0) is 11.2 Å². The summed E-state index contributed by atoms with van der Waals surface area (Å²) in [7, 11) is 1.72. The van der Waals surface area contributed by atoms with Crippen LogP contribution >= 0.6 is 0 Å². The molecule has 1 aliphatic carbocycles. The SMILES string of the molecule is COCCNC1CCCc2cc(O)ccc21. The number of rotatable bonds is 4. The zero-order valence-electron chi connectivity index (χ0n) is 9.70. The van der Waals surface area contributed by atoms with E-state index >= 15 is 0 Å². The van der Waals surface area contributed by atoms with Gasteiger partial charge in [0.05, 0.1) is 6.61 Å². The van der Waals surface area contributed by atoms with Crippen molar-refractivity contribution in [1.29, 1.82) is 0 Å². The molecule has 0 saturated heterocycles. The fourth-order valence-corrected chi connectivity index (χ4v) is 2.35. The number of phenols is 1. The van der Waals surface area contributed by atoms with Crippen LogP contribution in [0.15, 0.2) is 18.2 Å². The molecular formula is C13H19NO2. The zero-order valence-corrected chi connectivity index (χ0v) is 9.70. The number of hydrogen-bond acceptors (Lipinski definition) is 3. The Hall–Kier alpha value is -1.06. The molecule has 3 heteroatoms. The highest BCUT2D eigenvalue weighted by molar-refractivity contribution is 5.38. The van der Waals surface area contributed by atoms with Gasteiger partial charge >= 0.3 is 0 Å². The molecule has 0 spiro atoms. The summed E-state index contributed by atoms with van der Waals surface area (Å²) in [5.74, 6) is 0.372. The van der Waals surface area contributed by atoms with Gasteiger partial charge in [0.15, 0.2) is 0 Å². The summed E-state index contributed by atoms with van der Waals surface area (Å²) < 4.78 is 5.04. The van der Waals surface area contributed by atoms with Crippen molar-refractivity contribution in [3.8, 4) is 5.75 Å². The molecule has 1 aromatic rings. The van der Waals surface area contributed by atoms with Gasteiger partial charge in [0.2, 0.25) is 0 Å². The summed E-state index contributed by atoms with van der Waals surface area (Å²) in [5, 5.41) is 12.9. The Morgan fingerprint density at radius 2 is 2.38 bits per heavy atom. The highest BCUT2D eigenvalue weighted by Gasteiger charge is 2.19. The number of ether oxygens (including phenoxy) is 1. The van der Waals surface area contributed by atoms with Gasteiger partial charge < -0.3 is 15.2 Å². The lowest BCUT2D eigenvalue weighted by atomic mass is 9.87. The van der Waals surface area contributed by atoms with Crippen LogP contribution in [0.2, 0.25) is 0 Å². The molecule has 0 saturated carbocycles. The quantitative estimate of drug-likeness (QED) is 0.764. The van der Waals surface area contributed by atoms with Crippen LogP contribution in [0.3, 0.4) is 0 Å². The fourth-order valence-electron chi connectivity index (χ4n) is 2.35. The number of aromatic hydroxyl groups is 1. The lowest BCUT2D eigenvalue weighted by Gasteiger charge is -2.26. The van der Waals surface area contributed by atoms with E-state index in [2.05, 4.69) is 5.32 Å². The molecule has 2 N–H and O–H groups in total. The van der Waals surface area contributed by atoms with Gasteiger partial charge in [-0.05, 0) is 42.5 Å². The minimum absolute atomic E-state index is 0.372. The second-order valence-corrected chi connectivity index (χ2v) is 4.27. The maximum absolute atomic E-state index is 9.45. The van der Waals surface area contributed by atoms with Crippen molar-refractivity contribution in [3.63, 3.8) is 0 Å². The summed E-state index contributed by atoms with van der Waals surface area (Å²) >= 11 is 0. The van der Waals surface area contributed by atoms with Crippen molar-refractivity contribution < 1.29 is 9.84 Å². The Balaban J connectivity index is 2.07. The number of methoxy groups -OCH3 is 1. The first-order valence-electron chi connectivity index (χ1n) is 5.85. The molecule has 1 atom stereocenters. The molecule has 0 radical (unpaired) electrons. The van der Waals surface area contributed by atoms with Gasteiger partial charge in [-0.1, -0.05) is 6.07 Å². The van der Waals surface area contributed by atoms with Crippen molar-refractivity contribution >= 4 is 0 Å². The Labute approximate surface area is 96.4 Å². The lowest BCUT2D eigenvalue weighted by Crippen LogP contribution is -2.28. The van der Waals surface area contributed by atoms with E-state index in [1.807, 2.05) is 12.1 Å². The van der Waals surface area contributed by atoms with Crippen molar-refractivity contribution in [1.82, 2.24) is 5.32 Å². The van der Waals surface area contributed by atoms with E-state index in [0.717, 1.165) is 19.6 Å². The van der Waals surface area contributed by atoms with Crippen LogP contribution < -0.4 is 5.32 Å². The van der Waals surface area contributed by atoms with Gasteiger partial charge in [0.25, 0.3) is 0 Å². The Morgan fingerprint density at radius 1 is 1.50 bits per heavy atom. The molecule has 88 valence electrons. The molecule has 2 rings (SSSR count). The van der Waals surface area contributed by atoms with E-state index < -0.39 is 0 Å². The summed E-state index contributed by atoms with van der Waals surface area (Å²) in [5.41, 5.74) is 2.61. The first kappa shape index (κ1) is 11.4. The third-order valence-electron chi connectivity index (χ3n) is 3.14. The topological polar surface area (TPSA) is 41.5 Å². The third kappa shape index (κ3) is 2.54. The van der Waals surface area contributed by atoms with Crippen molar-refractivity contribution in [3.05, 3.63) is 29.3 Å². The second-order valence-electron chi connectivity index (χ2n) is 4.27. The van der Waals surface area contributed by atoms with Gasteiger partial charge in [-0.3, -0.25) is 0 Å². The fraction of sp³-hybridized carbons (Fsp3) is 0.538. The molecular weight excluding hydrogens is 202 g/mol. The molecule has 0 heterocycles. The number of benzene rings is 1. The second kappa shape index (κ2) is 5.32. The van der Waals surface area contributed by atoms with Gasteiger partial charge in [0, 0.05) is 19.7 Å². The molecule has 16 heavy (non-hydrogen) atoms. The van der Waals surface area contributed by atoms with Crippen molar-refractivity contribution in [2.75, 3.05) is 20.3 Å². The zero-order chi connectivity index (χ0) is 11.4. The molecule has 1 aliphatic rings. The Kier molecular flexibility index (Phi) is 3.80. The van der Waals surface area contributed by atoms with Gasteiger partial charge in [0.1, 0.15) is 5.75 Å². The molecule has 1 unspecified atom stereocenters. The highest BCUT2D eigenvalue weighted by Crippen LogP contribution is 2.31. The van der Waals surface area contributed by atoms with Crippen LogP contribution in [0.25, 0.3) is 0 Å². The van der Waals surface area contributed by atoms with Crippen molar-refractivity contribution in [2.24, 2.45) is 0 Å². The van der Waals surface area contributed by atoms with E-state index in [1.54, 1.807) is 13.2 Å². The summed E-state index contributed by atoms with van der Waals surface area (Å²) in [6.07, 6.45) is 3.43. The van der Waals surface area contributed by atoms with Crippen LogP contribution in [0.1, 0.15) is 30.0 Å². The molecule has 3 nitrogen and oxygen atoms in total. The smallest absolute Gasteiger partial charge is 0.115 e. The first-order valence-corrected chi connectivity index (χ1v) is 5.85. The maximum atomic E-state index is 9.45. The molecule has 0 aliphatic heterocycles. The summed E-state index contributed by atoms with van der Waals surface area (Å²) in [6.45, 7) is 1.62. The van der Waals surface area contributed by atoms with Gasteiger partial charge in [-0.15, -0.1) is 0 Å². The van der Waals surface area contributed by atoms with E-state index in [-0.39, 0.29) is 0 Å². The van der Waals surface area contributed by atoms with Crippen LogP contribution in [0.4, 0.5) is 0 Å². The molecule has 1 aromatic carbocycles. The van der Waals surface area contributed by atoms with Crippen LogP contribution in [0.5, 0.6) is 5.75 Å².